The van der Waals surface area contributed by atoms with Crippen LogP contribution in [0.4, 0.5) is 16.2 Å². The number of hydrogen-bond donors (Lipinski definition) is 2. The van der Waals surface area contributed by atoms with Gasteiger partial charge in [0.1, 0.15) is 0 Å². The third-order valence-corrected chi connectivity index (χ3v) is 3.52. The molecule has 0 spiro atoms. The van der Waals surface area contributed by atoms with E-state index >= 15 is 0 Å². The first-order valence-corrected chi connectivity index (χ1v) is 7.46. The SMILES string of the molecule is O=C(N/N=C/c1ccccc1)Nc1cccc2c([N+](=O)[O-])cccc12. The van der Waals surface area contributed by atoms with Gasteiger partial charge in [-0.05, 0) is 17.7 Å². The molecule has 0 aliphatic rings. The van der Waals surface area contributed by atoms with Gasteiger partial charge in [-0.2, -0.15) is 5.10 Å². The van der Waals surface area contributed by atoms with Gasteiger partial charge in [0, 0.05) is 11.5 Å². The standard InChI is InChI=1S/C18H14N4O3/c23-18(21-19-12-13-6-2-1-3-7-13)20-16-10-4-9-15-14(16)8-5-11-17(15)22(24)25/h1-12H,(H2,20,21,23)/b19-12+. The molecule has 0 saturated heterocycles. The summed E-state index contributed by atoms with van der Waals surface area (Å²) >= 11 is 0. The zero-order valence-electron chi connectivity index (χ0n) is 13.0. The van der Waals surface area contributed by atoms with Crippen LogP contribution < -0.4 is 10.7 Å². The van der Waals surface area contributed by atoms with E-state index in [4.69, 9.17) is 0 Å². The fourth-order valence-electron chi connectivity index (χ4n) is 2.42. The number of nitrogens with one attached hydrogen (secondary N) is 2. The third-order valence-electron chi connectivity index (χ3n) is 3.52. The highest BCUT2D eigenvalue weighted by atomic mass is 16.6. The number of non-ortho nitro benzene ring substituents is 1. The summed E-state index contributed by atoms with van der Waals surface area (Å²) < 4.78 is 0. The summed E-state index contributed by atoms with van der Waals surface area (Å²) in [7, 11) is 0. The minimum atomic E-state index is -0.536. The second-order valence-electron chi connectivity index (χ2n) is 5.17. The average Bonchev–Trinajstić information content (AvgIpc) is 2.62. The number of nitro groups is 1. The highest BCUT2D eigenvalue weighted by Gasteiger charge is 2.13. The molecule has 7 nitrogen and oxygen atoms in total. The minimum absolute atomic E-state index is 0.0105. The van der Waals surface area contributed by atoms with Crippen LogP contribution >= 0.6 is 0 Å². The monoisotopic (exact) mass is 334 g/mol. The molecule has 2 amide bonds. The molecule has 2 N–H and O–H groups in total. The van der Waals surface area contributed by atoms with Crippen LogP contribution in [-0.2, 0) is 0 Å². The van der Waals surface area contributed by atoms with Gasteiger partial charge >= 0.3 is 6.03 Å². The van der Waals surface area contributed by atoms with Crippen molar-refractivity contribution in [3.63, 3.8) is 0 Å². The summed E-state index contributed by atoms with van der Waals surface area (Å²) in [6.07, 6.45) is 1.52. The van der Waals surface area contributed by atoms with Gasteiger partial charge in [0.05, 0.1) is 22.2 Å². The Kier molecular flexibility index (Phi) is 4.66. The Hall–Kier alpha value is -3.74. The first-order chi connectivity index (χ1) is 12.1. The van der Waals surface area contributed by atoms with Crippen LogP contribution in [0.5, 0.6) is 0 Å². The van der Waals surface area contributed by atoms with Crippen LogP contribution in [0.3, 0.4) is 0 Å². The van der Waals surface area contributed by atoms with E-state index in [1.165, 1.54) is 12.3 Å². The first-order valence-electron chi connectivity index (χ1n) is 7.46. The van der Waals surface area contributed by atoms with E-state index in [1.54, 1.807) is 30.3 Å². The van der Waals surface area contributed by atoms with Crippen molar-refractivity contribution in [2.24, 2.45) is 5.10 Å². The van der Waals surface area contributed by atoms with Gasteiger partial charge in [0.15, 0.2) is 0 Å². The molecule has 7 heteroatoms. The van der Waals surface area contributed by atoms with E-state index in [-0.39, 0.29) is 5.69 Å². The lowest BCUT2D eigenvalue weighted by atomic mass is 10.1. The molecule has 0 bridgehead atoms. The van der Waals surface area contributed by atoms with Crippen molar-refractivity contribution in [3.05, 3.63) is 82.4 Å². The summed E-state index contributed by atoms with van der Waals surface area (Å²) in [5, 5.41) is 18.7. The fraction of sp³-hybridized carbons (Fsp3) is 0. The van der Waals surface area contributed by atoms with E-state index in [1.807, 2.05) is 30.3 Å². The van der Waals surface area contributed by atoms with Crippen LogP contribution in [0.1, 0.15) is 5.56 Å². The van der Waals surface area contributed by atoms with Crippen LogP contribution in [0, 0.1) is 10.1 Å². The van der Waals surface area contributed by atoms with Gasteiger partial charge in [0.2, 0.25) is 0 Å². The van der Waals surface area contributed by atoms with Gasteiger partial charge in [-0.3, -0.25) is 10.1 Å². The van der Waals surface area contributed by atoms with Crippen LogP contribution in [0.15, 0.2) is 71.8 Å². The normalized spacial score (nSPS) is 10.7. The molecule has 3 aromatic carbocycles. The maximum Gasteiger partial charge on any atom is 0.339 e. The minimum Gasteiger partial charge on any atom is -0.306 e. The quantitative estimate of drug-likeness (QED) is 0.430. The topological polar surface area (TPSA) is 96.6 Å². The van der Waals surface area contributed by atoms with Crippen molar-refractivity contribution in [3.8, 4) is 0 Å². The number of nitrogens with zero attached hydrogens (tertiary/aromatic N) is 2. The van der Waals surface area contributed by atoms with Crippen LogP contribution in [0.2, 0.25) is 0 Å². The molecule has 3 rings (SSSR count). The second kappa shape index (κ2) is 7.22. The molecule has 3 aromatic rings. The maximum atomic E-state index is 12.0. The Morgan fingerprint density at radius 2 is 1.68 bits per heavy atom. The molecule has 25 heavy (non-hydrogen) atoms. The molecule has 0 fully saturated rings. The Morgan fingerprint density at radius 1 is 0.960 bits per heavy atom. The number of rotatable bonds is 4. The zero-order valence-corrected chi connectivity index (χ0v) is 13.0. The molecule has 0 unspecified atom stereocenters. The number of hydrazone groups is 1. The summed E-state index contributed by atoms with van der Waals surface area (Å²) in [4.78, 5) is 22.7. The highest BCUT2D eigenvalue weighted by Crippen LogP contribution is 2.30. The van der Waals surface area contributed by atoms with Crippen LogP contribution in [-0.4, -0.2) is 17.2 Å². The van der Waals surface area contributed by atoms with E-state index in [0.29, 0.717) is 16.5 Å². The van der Waals surface area contributed by atoms with E-state index in [2.05, 4.69) is 15.8 Å². The summed E-state index contributed by atoms with van der Waals surface area (Å²) in [5.41, 5.74) is 3.67. The Bertz CT molecular complexity index is 955. The van der Waals surface area contributed by atoms with Gasteiger partial charge in [-0.15, -0.1) is 0 Å². The summed E-state index contributed by atoms with van der Waals surface area (Å²) in [6, 6.07) is 18.5. The molecule has 0 aromatic heterocycles. The fourth-order valence-corrected chi connectivity index (χ4v) is 2.42. The maximum absolute atomic E-state index is 12.0. The molecule has 0 aliphatic heterocycles. The van der Waals surface area contributed by atoms with Crippen molar-refractivity contribution >= 4 is 34.4 Å². The van der Waals surface area contributed by atoms with E-state index in [9.17, 15) is 14.9 Å². The average molecular weight is 334 g/mol. The number of nitro benzene ring substituents is 1. The van der Waals surface area contributed by atoms with E-state index in [0.717, 1.165) is 5.56 Å². The van der Waals surface area contributed by atoms with Crippen molar-refractivity contribution < 1.29 is 9.72 Å². The second-order valence-corrected chi connectivity index (χ2v) is 5.17. The van der Waals surface area contributed by atoms with Gasteiger partial charge in [0.25, 0.3) is 5.69 Å². The number of carbonyl (C=O) groups excluding carboxylic acids is 1. The van der Waals surface area contributed by atoms with Crippen molar-refractivity contribution in [2.75, 3.05) is 5.32 Å². The van der Waals surface area contributed by atoms with Crippen LogP contribution in [0.25, 0.3) is 10.8 Å². The number of fused-ring (bicyclic) bond motifs is 1. The highest BCUT2D eigenvalue weighted by molar-refractivity contribution is 6.04. The number of urea groups is 1. The summed E-state index contributed by atoms with van der Waals surface area (Å²) in [5.74, 6) is 0. The molecule has 124 valence electrons. The van der Waals surface area contributed by atoms with Crippen molar-refractivity contribution in [1.82, 2.24) is 5.43 Å². The smallest absolute Gasteiger partial charge is 0.306 e. The molecular formula is C18H14N4O3. The lowest BCUT2D eigenvalue weighted by Crippen LogP contribution is -2.24. The van der Waals surface area contributed by atoms with Gasteiger partial charge in [-0.1, -0.05) is 48.5 Å². The predicted octanol–water partition coefficient (Wildman–Crippen LogP) is 3.90. The largest absolute Gasteiger partial charge is 0.339 e. The molecular weight excluding hydrogens is 320 g/mol. The van der Waals surface area contributed by atoms with Gasteiger partial charge in [-0.25, -0.2) is 10.2 Å². The van der Waals surface area contributed by atoms with Crippen molar-refractivity contribution in [2.45, 2.75) is 0 Å². The van der Waals surface area contributed by atoms with E-state index < -0.39 is 11.0 Å². The Labute approximate surface area is 143 Å². The number of hydrogen-bond acceptors (Lipinski definition) is 4. The third kappa shape index (κ3) is 3.78. The summed E-state index contributed by atoms with van der Waals surface area (Å²) in [6.45, 7) is 0. The lowest BCUT2D eigenvalue weighted by Gasteiger charge is -2.08. The lowest BCUT2D eigenvalue weighted by molar-refractivity contribution is -0.383. The number of benzene rings is 3. The molecule has 0 saturated carbocycles. The van der Waals surface area contributed by atoms with Gasteiger partial charge < -0.3 is 5.32 Å². The molecule has 0 radical (unpaired) electrons. The molecule has 0 heterocycles. The number of amides is 2. The molecule has 0 aliphatic carbocycles. The predicted molar refractivity (Wildman–Crippen MR) is 96.8 cm³/mol. The first kappa shape index (κ1) is 16.1. The number of anilines is 1. The number of carbonyl (C=O) groups is 1. The Morgan fingerprint density at radius 3 is 2.44 bits per heavy atom. The Balaban J connectivity index is 1.76. The zero-order chi connectivity index (χ0) is 17.6. The molecule has 0 atom stereocenters. The van der Waals surface area contributed by atoms with Crippen molar-refractivity contribution in [1.29, 1.82) is 0 Å².